The van der Waals surface area contributed by atoms with Gasteiger partial charge < -0.3 is 4.90 Å². The van der Waals surface area contributed by atoms with Crippen molar-refractivity contribution in [3.05, 3.63) is 88.1 Å². The van der Waals surface area contributed by atoms with E-state index in [0.717, 1.165) is 49.2 Å². The van der Waals surface area contributed by atoms with E-state index in [1.165, 1.54) is 16.5 Å². The number of carbonyl (C=O) groups is 1. The molecule has 0 saturated carbocycles. The second kappa shape index (κ2) is 9.25. The van der Waals surface area contributed by atoms with Crippen molar-refractivity contribution < 1.29 is 4.79 Å². The van der Waals surface area contributed by atoms with E-state index in [1.807, 2.05) is 36.9 Å². The summed E-state index contributed by atoms with van der Waals surface area (Å²) in [4.78, 5) is 32.4. The summed E-state index contributed by atoms with van der Waals surface area (Å²) in [5.74, 6) is 0.548. The van der Waals surface area contributed by atoms with Crippen LogP contribution in [0.15, 0.2) is 65.8 Å². The second-order valence-corrected chi connectivity index (χ2v) is 9.28. The summed E-state index contributed by atoms with van der Waals surface area (Å²) in [7, 11) is 0. The molecule has 7 nitrogen and oxygen atoms in total. The Morgan fingerprint density at radius 1 is 1.06 bits per heavy atom. The molecule has 2 aromatic heterocycles. The van der Waals surface area contributed by atoms with Crippen LogP contribution < -0.4 is 5.56 Å². The van der Waals surface area contributed by atoms with Crippen LogP contribution >= 0.6 is 0 Å². The maximum Gasteiger partial charge on any atom is 0.264 e. The summed E-state index contributed by atoms with van der Waals surface area (Å²) in [6, 6.07) is 16.6. The zero-order valence-corrected chi connectivity index (χ0v) is 19.6. The predicted molar refractivity (Wildman–Crippen MR) is 132 cm³/mol. The number of benzene rings is 2. The number of carbonyl (C=O) groups excluding carboxylic acids is 1. The van der Waals surface area contributed by atoms with Crippen LogP contribution in [0.1, 0.15) is 29.5 Å². The van der Waals surface area contributed by atoms with Gasteiger partial charge in [-0.3, -0.25) is 14.2 Å². The number of piperidine rings is 1. The number of nitrogens with zero attached hydrogens (tertiary/aromatic N) is 5. The Labute approximate surface area is 198 Å². The number of aromatic nitrogens is 4. The molecule has 3 heterocycles. The van der Waals surface area contributed by atoms with Gasteiger partial charge in [0.05, 0.1) is 11.9 Å². The summed E-state index contributed by atoms with van der Waals surface area (Å²) >= 11 is 0. The van der Waals surface area contributed by atoms with Crippen LogP contribution in [0.5, 0.6) is 0 Å². The van der Waals surface area contributed by atoms with Crippen molar-refractivity contribution in [2.45, 2.75) is 39.7 Å². The van der Waals surface area contributed by atoms with Gasteiger partial charge in [-0.2, -0.15) is 5.10 Å². The fourth-order valence-electron chi connectivity index (χ4n) is 4.86. The first-order chi connectivity index (χ1) is 16.5. The molecular formula is C27H29N5O2. The molecule has 0 N–H and O–H groups in total. The lowest BCUT2D eigenvalue weighted by atomic mass is 9.90. The number of hydrogen-bond acceptors (Lipinski definition) is 4. The Kier molecular flexibility index (Phi) is 6.01. The topological polar surface area (TPSA) is 73.0 Å². The highest BCUT2D eigenvalue weighted by Gasteiger charge is 2.24. The van der Waals surface area contributed by atoms with Gasteiger partial charge in [0.1, 0.15) is 18.3 Å². The maximum absolute atomic E-state index is 13.1. The summed E-state index contributed by atoms with van der Waals surface area (Å²) in [6.45, 7) is 5.51. The van der Waals surface area contributed by atoms with Gasteiger partial charge >= 0.3 is 0 Å². The van der Waals surface area contributed by atoms with Crippen molar-refractivity contribution in [3.63, 3.8) is 0 Å². The van der Waals surface area contributed by atoms with Crippen LogP contribution in [0, 0.1) is 19.8 Å². The van der Waals surface area contributed by atoms with E-state index >= 15 is 0 Å². The van der Waals surface area contributed by atoms with E-state index in [2.05, 4.69) is 40.4 Å². The smallest absolute Gasteiger partial charge is 0.264 e. The molecule has 0 bridgehead atoms. The van der Waals surface area contributed by atoms with Crippen molar-refractivity contribution >= 4 is 16.9 Å². The lowest BCUT2D eigenvalue weighted by Gasteiger charge is -2.32. The third kappa shape index (κ3) is 4.38. The predicted octanol–water partition coefficient (Wildman–Crippen LogP) is 3.68. The van der Waals surface area contributed by atoms with Crippen LogP contribution in [0.25, 0.3) is 16.7 Å². The number of rotatable bonds is 5. The van der Waals surface area contributed by atoms with Gasteiger partial charge in [-0.25, -0.2) is 9.67 Å². The van der Waals surface area contributed by atoms with Crippen molar-refractivity contribution in [1.82, 2.24) is 24.2 Å². The monoisotopic (exact) mass is 455 g/mol. The van der Waals surface area contributed by atoms with Crippen molar-refractivity contribution in [1.29, 1.82) is 0 Å². The molecule has 0 radical (unpaired) electrons. The van der Waals surface area contributed by atoms with E-state index in [-0.39, 0.29) is 18.0 Å². The van der Waals surface area contributed by atoms with Crippen molar-refractivity contribution in [2.24, 2.45) is 5.92 Å². The summed E-state index contributed by atoms with van der Waals surface area (Å²) in [5.41, 5.74) is 4.72. The molecule has 7 heteroatoms. The van der Waals surface area contributed by atoms with E-state index in [4.69, 9.17) is 0 Å². The number of likely N-dealkylation sites (tertiary alicyclic amines) is 1. The highest BCUT2D eigenvalue weighted by Crippen LogP contribution is 2.22. The lowest BCUT2D eigenvalue weighted by Crippen LogP contribution is -2.41. The van der Waals surface area contributed by atoms with Crippen molar-refractivity contribution in [3.8, 4) is 5.69 Å². The van der Waals surface area contributed by atoms with Gasteiger partial charge in [0, 0.05) is 13.1 Å². The minimum atomic E-state index is -0.242. The molecule has 5 rings (SSSR count). The van der Waals surface area contributed by atoms with E-state index in [9.17, 15) is 9.59 Å². The third-order valence-corrected chi connectivity index (χ3v) is 6.78. The first kappa shape index (κ1) is 22.1. The van der Waals surface area contributed by atoms with E-state index < -0.39 is 0 Å². The minimum Gasteiger partial charge on any atom is -0.341 e. The van der Waals surface area contributed by atoms with Gasteiger partial charge in [-0.05, 0) is 56.2 Å². The minimum absolute atomic E-state index is 0.000134. The molecule has 1 aliphatic rings. The fraction of sp³-hybridized carbons (Fsp3) is 0.333. The van der Waals surface area contributed by atoms with Crippen LogP contribution in [0.2, 0.25) is 0 Å². The standard InChI is InChI=1S/C27H29N5O2/c1-19-8-9-24(20(2)14-19)32-26-23(16-29-32)27(34)31(18-28-26)17-25(33)30-12-10-22(11-13-30)15-21-6-4-3-5-7-21/h3-9,14,16,18,22H,10-13,15,17H2,1-2H3. The second-order valence-electron chi connectivity index (χ2n) is 9.28. The molecule has 2 aromatic carbocycles. The molecule has 34 heavy (non-hydrogen) atoms. The molecule has 0 unspecified atom stereocenters. The quantitative estimate of drug-likeness (QED) is 0.460. The van der Waals surface area contributed by atoms with Crippen LogP contribution in [0.4, 0.5) is 0 Å². The number of aryl methyl sites for hydroxylation is 2. The Bertz CT molecular complexity index is 1380. The number of hydrogen-bond donors (Lipinski definition) is 0. The molecule has 0 atom stereocenters. The molecule has 1 fully saturated rings. The van der Waals surface area contributed by atoms with Gasteiger partial charge in [0.2, 0.25) is 5.91 Å². The van der Waals surface area contributed by atoms with Crippen molar-refractivity contribution in [2.75, 3.05) is 13.1 Å². The van der Waals surface area contributed by atoms with Gasteiger partial charge in [0.25, 0.3) is 5.56 Å². The molecule has 0 spiro atoms. The molecule has 1 saturated heterocycles. The molecule has 4 aromatic rings. The highest BCUT2D eigenvalue weighted by molar-refractivity contribution is 5.78. The zero-order chi connectivity index (χ0) is 23.7. The van der Waals surface area contributed by atoms with Gasteiger partial charge in [-0.15, -0.1) is 0 Å². The maximum atomic E-state index is 13.1. The van der Waals surface area contributed by atoms with Gasteiger partial charge in [0.15, 0.2) is 5.65 Å². The Balaban J connectivity index is 1.27. The summed E-state index contributed by atoms with van der Waals surface area (Å²) in [6.07, 6.45) is 6.02. The average molecular weight is 456 g/mol. The largest absolute Gasteiger partial charge is 0.341 e. The average Bonchev–Trinajstić information content (AvgIpc) is 3.26. The summed E-state index contributed by atoms with van der Waals surface area (Å²) in [5, 5.41) is 4.83. The first-order valence-electron chi connectivity index (χ1n) is 11.8. The number of amides is 1. The zero-order valence-electron chi connectivity index (χ0n) is 19.6. The Morgan fingerprint density at radius 2 is 1.82 bits per heavy atom. The molecular weight excluding hydrogens is 426 g/mol. The van der Waals surface area contributed by atoms with Gasteiger partial charge in [-0.1, -0.05) is 48.0 Å². The molecule has 174 valence electrons. The highest BCUT2D eigenvalue weighted by atomic mass is 16.2. The number of fused-ring (bicyclic) bond motifs is 1. The SMILES string of the molecule is Cc1ccc(-n2ncc3c(=O)n(CC(=O)N4CCC(Cc5ccccc5)CC4)cnc32)c(C)c1. The molecule has 1 amide bonds. The molecule has 0 aliphatic carbocycles. The Morgan fingerprint density at radius 3 is 2.56 bits per heavy atom. The molecule has 1 aliphatic heterocycles. The normalized spacial score (nSPS) is 14.6. The lowest BCUT2D eigenvalue weighted by molar-refractivity contribution is -0.133. The van der Waals surface area contributed by atoms with E-state index in [1.54, 1.807) is 10.9 Å². The van der Waals surface area contributed by atoms with E-state index in [0.29, 0.717) is 17.0 Å². The third-order valence-electron chi connectivity index (χ3n) is 6.78. The summed E-state index contributed by atoms with van der Waals surface area (Å²) < 4.78 is 3.09. The first-order valence-corrected chi connectivity index (χ1v) is 11.8. The fourth-order valence-corrected chi connectivity index (χ4v) is 4.86. The van der Waals surface area contributed by atoms with Crippen LogP contribution in [0.3, 0.4) is 0 Å². The van der Waals surface area contributed by atoms with Crippen LogP contribution in [-0.2, 0) is 17.8 Å². The van der Waals surface area contributed by atoms with Crippen LogP contribution in [-0.4, -0.2) is 43.2 Å². The Hall–Kier alpha value is -3.74.